The maximum atomic E-state index is 6.22. The number of rotatable bonds is 10. The van der Waals surface area contributed by atoms with Crippen molar-refractivity contribution in [1.82, 2.24) is 4.67 Å². The van der Waals surface area contributed by atoms with Crippen molar-refractivity contribution in [3.8, 4) is 0 Å². The molecule has 0 bridgehead atoms. The van der Waals surface area contributed by atoms with Gasteiger partial charge in [0.25, 0.3) is 8.53 Å². The number of nitrogens with zero attached hydrogens (tertiary/aromatic N) is 1. The van der Waals surface area contributed by atoms with E-state index in [9.17, 15) is 0 Å². The summed E-state index contributed by atoms with van der Waals surface area (Å²) in [6.07, 6.45) is 0.892. The highest BCUT2D eigenvalue weighted by molar-refractivity contribution is 7.44. The molecule has 0 N–H and O–H groups in total. The second-order valence-corrected chi connectivity index (χ2v) is 9.09. The largest absolute Gasteiger partial charge is 0.348 e. The second kappa shape index (κ2) is 10.1. The Morgan fingerprint density at radius 2 is 1.77 bits per heavy atom. The summed E-state index contributed by atoms with van der Waals surface area (Å²) >= 11 is 0. The van der Waals surface area contributed by atoms with Crippen molar-refractivity contribution in [3.63, 3.8) is 0 Å². The number of hydrogen-bond donors (Lipinski definition) is 0. The van der Waals surface area contributed by atoms with E-state index in [-0.39, 0.29) is 6.10 Å². The normalized spacial score (nSPS) is 21.0. The molecule has 1 aliphatic heterocycles. The molecule has 2 unspecified atom stereocenters. The van der Waals surface area contributed by atoms with Crippen molar-refractivity contribution < 1.29 is 18.5 Å². The van der Waals surface area contributed by atoms with Crippen molar-refractivity contribution in [3.05, 3.63) is 35.9 Å². The maximum absolute atomic E-state index is 6.22. The molecule has 1 aliphatic rings. The van der Waals surface area contributed by atoms with Gasteiger partial charge >= 0.3 is 0 Å². The predicted octanol–water partition coefficient (Wildman–Crippen LogP) is 5.11. The number of ether oxygens (including phenoxy) is 2. The lowest BCUT2D eigenvalue weighted by atomic mass is 10.2. The Balaban J connectivity index is 1.91. The molecule has 2 atom stereocenters. The molecule has 148 valence electrons. The molecule has 1 aromatic rings. The molecule has 0 aromatic heterocycles. The van der Waals surface area contributed by atoms with Crippen molar-refractivity contribution in [2.45, 2.75) is 78.5 Å². The molecule has 0 saturated carbocycles. The van der Waals surface area contributed by atoms with Gasteiger partial charge in [-0.3, -0.25) is 0 Å². The van der Waals surface area contributed by atoms with E-state index in [0.29, 0.717) is 31.9 Å². The van der Waals surface area contributed by atoms with Crippen molar-refractivity contribution >= 4 is 8.53 Å². The van der Waals surface area contributed by atoms with Crippen LogP contribution in [-0.2, 0) is 25.1 Å². The van der Waals surface area contributed by atoms with Crippen molar-refractivity contribution in [1.29, 1.82) is 0 Å². The van der Waals surface area contributed by atoms with Crippen LogP contribution in [0.2, 0.25) is 0 Å². The molecule has 1 heterocycles. The smallest absolute Gasteiger partial charge is 0.259 e. The lowest BCUT2D eigenvalue weighted by Crippen LogP contribution is -2.33. The Morgan fingerprint density at radius 3 is 2.31 bits per heavy atom. The molecule has 0 spiro atoms. The molecule has 5 nitrogen and oxygen atoms in total. The lowest BCUT2D eigenvalue weighted by Gasteiger charge is -2.35. The lowest BCUT2D eigenvalue weighted by molar-refractivity contribution is -0.139. The second-order valence-electron chi connectivity index (χ2n) is 7.64. The van der Waals surface area contributed by atoms with Crippen LogP contribution in [0.5, 0.6) is 0 Å². The predicted molar refractivity (Wildman–Crippen MR) is 106 cm³/mol. The van der Waals surface area contributed by atoms with Gasteiger partial charge in [-0.25, -0.2) is 4.67 Å². The van der Waals surface area contributed by atoms with Crippen LogP contribution in [0.3, 0.4) is 0 Å². The highest BCUT2D eigenvalue weighted by atomic mass is 31.2. The Morgan fingerprint density at radius 1 is 1.12 bits per heavy atom. The first-order chi connectivity index (χ1) is 12.3. The van der Waals surface area contributed by atoms with Gasteiger partial charge in [0.15, 0.2) is 5.79 Å². The average Bonchev–Trinajstić information content (AvgIpc) is 2.91. The highest BCUT2D eigenvalue weighted by Crippen LogP contribution is 2.46. The number of hydrogen-bond acceptors (Lipinski definition) is 5. The van der Waals surface area contributed by atoms with E-state index in [1.54, 1.807) is 0 Å². The minimum atomic E-state index is -1.13. The van der Waals surface area contributed by atoms with Crippen LogP contribution in [0.1, 0.15) is 53.5 Å². The zero-order valence-corrected chi connectivity index (χ0v) is 17.9. The Bertz CT molecular complexity index is 516. The van der Waals surface area contributed by atoms with E-state index in [1.165, 1.54) is 0 Å². The first-order valence-corrected chi connectivity index (χ1v) is 10.6. The average molecular weight is 383 g/mol. The van der Waals surface area contributed by atoms with Crippen molar-refractivity contribution in [2.75, 3.05) is 13.2 Å². The van der Waals surface area contributed by atoms with Gasteiger partial charge in [-0.2, -0.15) is 0 Å². The first-order valence-electron chi connectivity index (χ1n) is 9.48. The van der Waals surface area contributed by atoms with Gasteiger partial charge in [-0.05, 0) is 53.5 Å². The molecule has 1 saturated heterocycles. The van der Waals surface area contributed by atoms with Crippen LogP contribution in [0.4, 0.5) is 0 Å². The quantitative estimate of drug-likeness (QED) is 0.525. The fourth-order valence-electron chi connectivity index (χ4n) is 3.02. The van der Waals surface area contributed by atoms with E-state index in [0.717, 1.165) is 12.0 Å². The van der Waals surface area contributed by atoms with Gasteiger partial charge in [0.2, 0.25) is 0 Å². The fourth-order valence-corrected chi connectivity index (χ4v) is 4.63. The maximum Gasteiger partial charge on any atom is 0.259 e. The minimum Gasteiger partial charge on any atom is -0.348 e. The third-order valence-corrected chi connectivity index (χ3v) is 6.19. The van der Waals surface area contributed by atoms with Gasteiger partial charge < -0.3 is 18.5 Å². The van der Waals surface area contributed by atoms with Crippen LogP contribution in [0.25, 0.3) is 0 Å². The van der Waals surface area contributed by atoms with Gasteiger partial charge in [-0.1, -0.05) is 30.3 Å². The molecule has 0 radical (unpaired) electrons. The Labute approximate surface area is 159 Å². The molecule has 0 amide bonds. The third-order valence-electron chi connectivity index (χ3n) is 4.14. The third kappa shape index (κ3) is 6.88. The molecular formula is C20H34NO4P. The summed E-state index contributed by atoms with van der Waals surface area (Å²) in [5.74, 6) is -0.485. The summed E-state index contributed by atoms with van der Waals surface area (Å²) in [5.41, 5.74) is 1.16. The van der Waals surface area contributed by atoms with Gasteiger partial charge in [0.1, 0.15) is 0 Å². The van der Waals surface area contributed by atoms with Crippen LogP contribution in [0.15, 0.2) is 30.3 Å². The monoisotopic (exact) mass is 383 g/mol. The molecule has 2 rings (SSSR count). The van der Waals surface area contributed by atoms with Crippen LogP contribution < -0.4 is 0 Å². The molecule has 0 aliphatic carbocycles. The fraction of sp³-hybridized carbons (Fsp3) is 0.700. The molecule has 26 heavy (non-hydrogen) atoms. The minimum absolute atomic E-state index is 0.0857. The van der Waals surface area contributed by atoms with Gasteiger partial charge in [0, 0.05) is 12.1 Å². The van der Waals surface area contributed by atoms with Gasteiger partial charge in [-0.15, -0.1) is 0 Å². The van der Waals surface area contributed by atoms with E-state index >= 15 is 0 Å². The summed E-state index contributed by atoms with van der Waals surface area (Å²) in [5, 5.41) is 0. The summed E-state index contributed by atoms with van der Waals surface area (Å²) < 4.78 is 26.2. The molecule has 1 aromatic carbocycles. The summed E-state index contributed by atoms with van der Waals surface area (Å²) in [6, 6.07) is 10.9. The van der Waals surface area contributed by atoms with E-state index in [2.05, 4.69) is 44.5 Å². The summed E-state index contributed by atoms with van der Waals surface area (Å²) in [4.78, 5) is 0. The number of benzene rings is 1. The standard InChI is InChI=1S/C20H34NO4P/c1-16(2)21(17(3)4)26(24-14-18-10-8-7-9-11-18)23-13-12-19-15-22-20(5,6)25-19/h7-11,16-17,19H,12-15H2,1-6H3. The zero-order chi connectivity index (χ0) is 19.2. The van der Waals surface area contributed by atoms with E-state index in [4.69, 9.17) is 18.5 Å². The first kappa shape index (κ1) is 21.7. The van der Waals surface area contributed by atoms with Crippen LogP contribution in [-0.4, -0.2) is 41.9 Å². The Hall–Kier alpha value is -0.550. The zero-order valence-electron chi connectivity index (χ0n) is 17.0. The SMILES string of the molecule is CC(C)N(C(C)C)P(OCCC1COC(C)(C)O1)OCc1ccccc1. The van der Waals surface area contributed by atoms with Gasteiger partial charge in [0.05, 0.1) is 25.9 Å². The van der Waals surface area contributed by atoms with E-state index in [1.807, 2.05) is 32.0 Å². The van der Waals surface area contributed by atoms with Crippen LogP contribution in [0, 0.1) is 0 Å². The van der Waals surface area contributed by atoms with E-state index < -0.39 is 14.3 Å². The molecule has 1 fully saturated rings. The molecule has 6 heteroatoms. The van der Waals surface area contributed by atoms with Crippen molar-refractivity contribution in [2.24, 2.45) is 0 Å². The Kier molecular flexibility index (Phi) is 8.46. The summed E-state index contributed by atoms with van der Waals surface area (Å²) in [7, 11) is -1.13. The van der Waals surface area contributed by atoms with Crippen LogP contribution >= 0.6 is 8.53 Å². The summed E-state index contributed by atoms with van der Waals surface area (Å²) in [6.45, 7) is 14.4. The highest BCUT2D eigenvalue weighted by Gasteiger charge is 2.33. The molecular weight excluding hydrogens is 349 g/mol. The topological polar surface area (TPSA) is 40.2 Å².